The minimum absolute atomic E-state index is 0.252. The molecule has 1 aromatic carbocycles. The maximum absolute atomic E-state index is 13.3. The lowest BCUT2D eigenvalue weighted by molar-refractivity contribution is -0.385. The molecule has 84 valence electrons. The second kappa shape index (κ2) is 5.71. The summed E-state index contributed by atoms with van der Waals surface area (Å²) >= 11 is 0. The Morgan fingerprint density at radius 2 is 2.31 bits per heavy atom. The highest BCUT2D eigenvalue weighted by Crippen LogP contribution is 2.20. The highest BCUT2D eigenvalue weighted by atomic mass is 19.1. The van der Waals surface area contributed by atoms with E-state index in [9.17, 15) is 14.5 Å². The number of non-ortho nitro benzene ring substituents is 1. The largest absolute Gasteiger partial charge is 0.383 e. The highest BCUT2D eigenvalue weighted by Gasteiger charge is 2.09. The van der Waals surface area contributed by atoms with Crippen LogP contribution in [0.3, 0.4) is 0 Å². The van der Waals surface area contributed by atoms with Crippen molar-refractivity contribution >= 4 is 11.4 Å². The molecule has 0 spiro atoms. The first kappa shape index (κ1) is 12.0. The van der Waals surface area contributed by atoms with Gasteiger partial charge in [-0.05, 0) is 12.5 Å². The zero-order valence-corrected chi connectivity index (χ0v) is 8.57. The van der Waals surface area contributed by atoms with Gasteiger partial charge in [0, 0.05) is 19.0 Å². The number of anilines is 1. The van der Waals surface area contributed by atoms with E-state index in [0.29, 0.717) is 13.0 Å². The Kier molecular flexibility index (Phi) is 4.28. The lowest BCUT2D eigenvalue weighted by Gasteiger charge is -2.05. The molecule has 0 saturated heterocycles. The van der Waals surface area contributed by atoms with Crippen LogP contribution in [-0.4, -0.2) is 11.5 Å². The number of nitrogens with one attached hydrogen (secondary N) is 1. The number of terminal acetylenes is 1. The van der Waals surface area contributed by atoms with Gasteiger partial charge in [0.15, 0.2) is 5.82 Å². The lowest BCUT2D eigenvalue weighted by Crippen LogP contribution is -2.03. The van der Waals surface area contributed by atoms with Crippen LogP contribution in [0.15, 0.2) is 18.2 Å². The van der Waals surface area contributed by atoms with Crippen LogP contribution in [0.1, 0.15) is 12.8 Å². The van der Waals surface area contributed by atoms with Crippen molar-refractivity contribution in [3.05, 3.63) is 34.1 Å². The monoisotopic (exact) mass is 222 g/mol. The molecule has 0 atom stereocenters. The topological polar surface area (TPSA) is 55.2 Å². The smallest absolute Gasteiger partial charge is 0.272 e. The summed E-state index contributed by atoms with van der Waals surface area (Å²) in [6, 6.07) is 3.50. The van der Waals surface area contributed by atoms with E-state index in [4.69, 9.17) is 6.42 Å². The van der Waals surface area contributed by atoms with Crippen LogP contribution in [0.25, 0.3) is 0 Å². The molecule has 0 aliphatic heterocycles. The third-order valence-electron chi connectivity index (χ3n) is 1.98. The molecule has 1 N–H and O–H groups in total. The summed E-state index contributed by atoms with van der Waals surface area (Å²) in [5, 5.41) is 13.2. The van der Waals surface area contributed by atoms with Crippen molar-refractivity contribution in [2.45, 2.75) is 12.8 Å². The number of nitro benzene ring substituents is 1. The Morgan fingerprint density at radius 3 is 2.88 bits per heavy atom. The van der Waals surface area contributed by atoms with Gasteiger partial charge in [-0.15, -0.1) is 12.3 Å². The maximum Gasteiger partial charge on any atom is 0.272 e. The Bertz CT molecular complexity index is 426. The van der Waals surface area contributed by atoms with E-state index in [-0.39, 0.29) is 11.4 Å². The Hall–Kier alpha value is -2.09. The van der Waals surface area contributed by atoms with Gasteiger partial charge in [-0.25, -0.2) is 4.39 Å². The zero-order valence-electron chi connectivity index (χ0n) is 8.57. The molecule has 0 heterocycles. The van der Waals surface area contributed by atoms with Crippen LogP contribution in [0.4, 0.5) is 15.8 Å². The van der Waals surface area contributed by atoms with E-state index in [1.165, 1.54) is 12.1 Å². The summed E-state index contributed by atoms with van der Waals surface area (Å²) in [6.07, 6.45) is 6.41. The first-order chi connectivity index (χ1) is 7.65. The molecule has 0 fully saturated rings. The highest BCUT2D eigenvalue weighted by molar-refractivity contribution is 5.50. The van der Waals surface area contributed by atoms with Crippen molar-refractivity contribution in [2.24, 2.45) is 0 Å². The molecule has 0 aromatic heterocycles. The van der Waals surface area contributed by atoms with Crippen LogP contribution in [-0.2, 0) is 0 Å². The summed E-state index contributed by atoms with van der Waals surface area (Å²) in [5.74, 6) is 1.84. The summed E-state index contributed by atoms with van der Waals surface area (Å²) < 4.78 is 13.3. The molecule has 0 unspecified atom stereocenters. The molecule has 0 aliphatic carbocycles. The maximum atomic E-state index is 13.3. The number of unbranched alkanes of at least 4 members (excludes halogenated alkanes) is 1. The van der Waals surface area contributed by atoms with Gasteiger partial charge in [0.2, 0.25) is 0 Å². The van der Waals surface area contributed by atoms with Crippen molar-refractivity contribution in [3.63, 3.8) is 0 Å². The van der Waals surface area contributed by atoms with Crippen molar-refractivity contribution in [1.82, 2.24) is 0 Å². The molecule has 1 aromatic rings. The van der Waals surface area contributed by atoms with Gasteiger partial charge >= 0.3 is 0 Å². The predicted octanol–water partition coefficient (Wildman–Crippen LogP) is 2.56. The van der Waals surface area contributed by atoms with Crippen molar-refractivity contribution in [1.29, 1.82) is 0 Å². The zero-order chi connectivity index (χ0) is 12.0. The van der Waals surface area contributed by atoms with Crippen LogP contribution in [0, 0.1) is 28.3 Å². The summed E-state index contributed by atoms with van der Waals surface area (Å²) in [6.45, 7) is 0.541. The van der Waals surface area contributed by atoms with Gasteiger partial charge in [-0.1, -0.05) is 0 Å². The first-order valence-corrected chi connectivity index (χ1v) is 4.76. The van der Waals surface area contributed by atoms with Crippen LogP contribution < -0.4 is 5.32 Å². The predicted molar refractivity (Wildman–Crippen MR) is 59.6 cm³/mol. The number of hydrogen-bond donors (Lipinski definition) is 1. The van der Waals surface area contributed by atoms with Gasteiger partial charge in [0.25, 0.3) is 5.69 Å². The van der Waals surface area contributed by atoms with Crippen molar-refractivity contribution in [3.8, 4) is 12.3 Å². The summed E-state index contributed by atoms with van der Waals surface area (Å²) in [7, 11) is 0. The summed E-state index contributed by atoms with van der Waals surface area (Å²) in [4.78, 5) is 9.73. The normalized spacial score (nSPS) is 9.50. The van der Waals surface area contributed by atoms with Gasteiger partial charge in [-0.2, -0.15) is 0 Å². The fraction of sp³-hybridized carbons (Fsp3) is 0.273. The first-order valence-electron chi connectivity index (χ1n) is 4.76. The van der Waals surface area contributed by atoms with E-state index in [0.717, 1.165) is 12.5 Å². The number of halogens is 1. The Balaban J connectivity index is 2.62. The molecule has 4 nitrogen and oxygen atoms in total. The Morgan fingerprint density at radius 1 is 1.56 bits per heavy atom. The lowest BCUT2D eigenvalue weighted by atomic mass is 10.2. The molecule has 0 radical (unpaired) electrons. The molecule has 1 rings (SSSR count). The third-order valence-corrected chi connectivity index (χ3v) is 1.98. The molecule has 0 aliphatic rings. The minimum Gasteiger partial charge on any atom is -0.383 e. The Labute approximate surface area is 92.6 Å². The molecule has 0 amide bonds. The number of rotatable bonds is 5. The van der Waals surface area contributed by atoms with E-state index in [1.807, 2.05) is 0 Å². The van der Waals surface area contributed by atoms with Gasteiger partial charge < -0.3 is 5.32 Å². The quantitative estimate of drug-likeness (QED) is 0.360. The number of benzene rings is 1. The standard InChI is InChI=1S/C11H11FN2O2/c1-2-3-4-7-13-11-6-5-9(14(15)16)8-10(11)12/h1,5-6,8,13H,3-4,7H2. The van der Waals surface area contributed by atoms with Crippen LogP contribution in [0.5, 0.6) is 0 Å². The van der Waals surface area contributed by atoms with Gasteiger partial charge in [0.05, 0.1) is 16.7 Å². The second-order valence-corrected chi connectivity index (χ2v) is 3.16. The fourth-order valence-corrected chi connectivity index (χ4v) is 1.17. The van der Waals surface area contributed by atoms with E-state index >= 15 is 0 Å². The molecule has 0 bridgehead atoms. The number of nitro groups is 1. The number of nitrogens with zero attached hydrogens (tertiary/aromatic N) is 1. The molecule has 5 heteroatoms. The minimum atomic E-state index is -0.634. The third kappa shape index (κ3) is 3.24. The average molecular weight is 222 g/mol. The fourth-order valence-electron chi connectivity index (χ4n) is 1.17. The van der Waals surface area contributed by atoms with Gasteiger partial charge in [-0.3, -0.25) is 10.1 Å². The SMILES string of the molecule is C#CCCCNc1ccc([N+](=O)[O-])cc1F. The van der Waals surface area contributed by atoms with Crippen LogP contribution in [0.2, 0.25) is 0 Å². The molecular weight excluding hydrogens is 211 g/mol. The van der Waals surface area contributed by atoms with E-state index < -0.39 is 10.7 Å². The molecule has 0 saturated carbocycles. The second-order valence-electron chi connectivity index (χ2n) is 3.16. The van der Waals surface area contributed by atoms with Crippen molar-refractivity contribution in [2.75, 3.05) is 11.9 Å². The molecule has 16 heavy (non-hydrogen) atoms. The average Bonchev–Trinajstić information content (AvgIpc) is 2.26. The number of hydrogen-bond acceptors (Lipinski definition) is 3. The van der Waals surface area contributed by atoms with Crippen LogP contribution >= 0.6 is 0 Å². The van der Waals surface area contributed by atoms with Gasteiger partial charge in [0.1, 0.15) is 0 Å². The van der Waals surface area contributed by atoms with E-state index in [1.54, 1.807) is 0 Å². The van der Waals surface area contributed by atoms with Crippen molar-refractivity contribution < 1.29 is 9.31 Å². The summed E-state index contributed by atoms with van der Waals surface area (Å²) in [5.41, 5.74) is -0.00528. The molecular formula is C11H11FN2O2. The van der Waals surface area contributed by atoms with E-state index in [2.05, 4.69) is 11.2 Å².